The second kappa shape index (κ2) is 7.29. The van der Waals surface area contributed by atoms with Gasteiger partial charge in [0, 0.05) is 11.6 Å². The molecule has 0 amide bonds. The third-order valence-corrected chi connectivity index (χ3v) is 3.29. The minimum absolute atomic E-state index is 0.127. The maximum Gasteiger partial charge on any atom is 0.322 e. The highest BCUT2D eigenvalue weighted by molar-refractivity contribution is 5.75. The number of carbonyl (C=O) groups is 1. The highest BCUT2D eigenvalue weighted by Crippen LogP contribution is 2.26. The second-order valence-electron chi connectivity index (χ2n) is 5.66. The van der Waals surface area contributed by atoms with Gasteiger partial charge in [0.05, 0.1) is 7.11 Å². The molecule has 0 aliphatic heterocycles. The van der Waals surface area contributed by atoms with Gasteiger partial charge in [-0.3, -0.25) is 10.1 Å². The van der Waals surface area contributed by atoms with Crippen LogP contribution in [-0.4, -0.2) is 24.2 Å². The SMILES string of the molecule is COC(=O)C(CC(C)C)NC(C)c1cc(C)ccc1O. The fourth-order valence-corrected chi connectivity index (χ4v) is 2.26. The van der Waals surface area contributed by atoms with Crippen molar-refractivity contribution >= 4 is 5.97 Å². The molecule has 0 aliphatic carbocycles. The number of methoxy groups -OCH3 is 1. The van der Waals surface area contributed by atoms with Gasteiger partial charge in [0.2, 0.25) is 0 Å². The van der Waals surface area contributed by atoms with Crippen LogP contribution < -0.4 is 5.32 Å². The Labute approximate surface area is 121 Å². The summed E-state index contributed by atoms with van der Waals surface area (Å²) < 4.78 is 4.84. The van der Waals surface area contributed by atoms with Crippen molar-refractivity contribution in [2.45, 2.75) is 46.2 Å². The Morgan fingerprint density at radius 1 is 1.35 bits per heavy atom. The molecule has 0 saturated carbocycles. The maximum atomic E-state index is 11.8. The molecule has 0 radical (unpaired) electrons. The van der Waals surface area contributed by atoms with E-state index < -0.39 is 0 Å². The Hall–Kier alpha value is -1.55. The summed E-state index contributed by atoms with van der Waals surface area (Å²) >= 11 is 0. The van der Waals surface area contributed by atoms with Crippen molar-refractivity contribution in [3.05, 3.63) is 29.3 Å². The Balaban J connectivity index is 2.86. The Morgan fingerprint density at radius 3 is 2.55 bits per heavy atom. The first-order valence-corrected chi connectivity index (χ1v) is 6.98. The molecule has 0 spiro atoms. The number of nitrogens with one attached hydrogen (secondary N) is 1. The number of hydrogen-bond donors (Lipinski definition) is 2. The topological polar surface area (TPSA) is 58.6 Å². The fourth-order valence-electron chi connectivity index (χ4n) is 2.26. The van der Waals surface area contributed by atoms with Crippen LogP contribution in [0.15, 0.2) is 18.2 Å². The Bertz CT molecular complexity index is 457. The summed E-state index contributed by atoms with van der Waals surface area (Å²) in [7, 11) is 1.39. The molecule has 0 heterocycles. The molecule has 20 heavy (non-hydrogen) atoms. The quantitative estimate of drug-likeness (QED) is 0.786. The Kier molecular flexibility index (Phi) is 6.02. The average Bonchev–Trinajstić information content (AvgIpc) is 2.39. The van der Waals surface area contributed by atoms with Crippen LogP contribution in [-0.2, 0) is 9.53 Å². The molecule has 112 valence electrons. The van der Waals surface area contributed by atoms with E-state index in [0.717, 1.165) is 11.1 Å². The van der Waals surface area contributed by atoms with Crippen LogP contribution in [0, 0.1) is 12.8 Å². The van der Waals surface area contributed by atoms with Crippen LogP contribution in [0.2, 0.25) is 0 Å². The van der Waals surface area contributed by atoms with Crippen LogP contribution in [0.3, 0.4) is 0 Å². The highest BCUT2D eigenvalue weighted by atomic mass is 16.5. The van der Waals surface area contributed by atoms with E-state index in [2.05, 4.69) is 19.2 Å². The fraction of sp³-hybridized carbons (Fsp3) is 0.562. The summed E-state index contributed by atoms with van der Waals surface area (Å²) in [5.74, 6) is 0.353. The average molecular weight is 279 g/mol. The molecular weight excluding hydrogens is 254 g/mol. The molecule has 4 nitrogen and oxygen atoms in total. The monoisotopic (exact) mass is 279 g/mol. The van der Waals surface area contributed by atoms with E-state index in [1.54, 1.807) is 6.07 Å². The van der Waals surface area contributed by atoms with E-state index in [9.17, 15) is 9.90 Å². The molecular formula is C16H25NO3. The molecule has 0 aliphatic rings. The van der Waals surface area contributed by atoms with Crippen molar-refractivity contribution in [3.63, 3.8) is 0 Å². The molecule has 2 atom stereocenters. The van der Waals surface area contributed by atoms with Crippen LogP contribution >= 0.6 is 0 Å². The zero-order chi connectivity index (χ0) is 15.3. The Morgan fingerprint density at radius 2 is 2.00 bits per heavy atom. The van der Waals surface area contributed by atoms with Gasteiger partial charge in [-0.2, -0.15) is 0 Å². The van der Waals surface area contributed by atoms with Crippen molar-refractivity contribution < 1.29 is 14.6 Å². The number of aryl methyl sites for hydroxylation is 1. The summed E-state index contributed by atoms with van der Waals surface area (Å²) in [6, 6.07) is 4.97. The number of esters is 1. The van der Waals surface area contributed by atoms with Gasteiger partial charge in [-0.15, -0.1) is 0 Å². The lowest BCUT2D eigenvalue weighted by atomic mass is 10.00. The van der Waals surface area contributed by atoms with Crippen molar-refractivity contribution in [3.8, 4) is 5.75 Å². The largest absolute Gasteiger partial charge is 0.508 e. The molecule has 0 fully saturated rings. The van der Waals surface area contributed by atoms with Crippen molar-refractivity contribution in [2.24, 2.45) is 5.92 Å². The smallest absolute Gasteiger partial charge is 0.322 e. The van der Waals surface area contributed by atoms with Gasteiger partial charge >= 0.3 is 5.97 Å². The number of benzene rings is 1. The minimum Gasteiger partial charge on any atom is -0.508 e. The number of carbonyl (C=O) groups excluding carboxylic acids is 1. The number of rotatable bonds is 6. The number of hydrogen-bond acceptors (Lipinski definition) is 4. The van der Waals surface area contributed by atoms with Crippen LogP contribution in [0.25, 0.3) is 0 Å². The van der Waals surface area contributed by atoms with E-state index in [1.165, 1.54) is 7.11 Å². The van der Waals surface area contributed by atoms with E-state index in [1.807, 2.05) is 26.0 Å². The van der Waals surface area contributed by atoms with Crippen LogP contribution in [0.1, 0.15) is 44.4 Å². The van der Waals surface area contributed by atoms with Gasteiger partial charge in [0.1, 0.15) is 11.8 Å². The molecule has 0 aromatic heterocycles. The summed E-state index contributed by atoms with van der Waals surface area (Å²) in [6.07, 6.45) is 0.698. The predicted molar refractivity (Wildman–Crippen MR) is 79.7 cm³/mol. The number of phenols is 1. The molecule has 0 saturated heterocycles. The lowest BCUT2D eigenvalue weighted by molar-refractivity contribution is -0.143. The van der Waals surface area contributed by atoms with Gasteiger partial charge in [-0.1, -0.05) is 31.5 Å². The van der Waals surface area contributed by atoms with E-state index >= 15 is 0 Å². The van der Waals surface area contributed by atoms with Crippen LogP contribution in [0.5, 0.6) is 5.75 Å². The maximum absolute atomic E-state index is 11.8. The van der Waals surface area contributed by atoms with E-state index in [4.69, 9.17) is 4.74 Å². The summed E-state index contributed by atoms with van der Waals surface area (Å²) in [5, 5.41) is 13.2. The van der Waals surface area contributed by atoms with Crippen molar-refractivity contribution in [1.82, 2.24) is 5.32 Å². The van der Waals surface area contributed by atoms with Crippen LogP contribution in [0.4, 0.5) is 0 Å². The minimum atomic E-state index is -0.366. The molecule has 2 unspecified atom stereocenters. The normalized spacial score (nSPS) is 14.1. The van der Waals surface area contributed by atoms with Crippen molar-refractivity contribution in [2.75, 3.05) is 7.11 Å². The summed E-state index contributed by atoms with van der Waals surface area (Å²) in [4.78, 5) is 11.8. The predicted octanol–water partition coefficient (Wildman–Crippen LogP) is 2.94. The zero-order valence-corrected chi connectivity index (χ0v) is 12.9. The molecule has 4 heteroatoms. The van der Waals surface area contributed by atoms with Gasteiger partial charge < -0.3 is 9.84 Å². The third kappa shape index (κ3) is 4.53. The molecule has 1 aromatic carbocycles. The standard InChI is InChI=1S/C16H25NO3/c1-10(2)8-14(16(19)20-5)17-12(4)13-9-11(3)6-7-15(13)18/h6-7,9-10,12,14,17-18H,8H2,1-5H3. The molecule has 2 N–H and O–H groups in total. The molecule has 0 bridgehead atoms. The van der Waals surface area contributed by atoms with Gasteiger partial charge in [-0.05, 0) is 32.3 Å². The molecule has 1 rings (SSSR count). The van der Waals surface area contributed by atoms with Gasteiger partial charge in [-0.25, -0.2) is 0 Å². The second-order valence-corrected chi connectivity index (χ2v) is 5.66. The number of aromatic hydroxyl groups is 1. The van der Waals surface area contributed by atoms with E-state index in [-0.39, 0.29) is 23.8 Å². The lowest BCUT2D eigenvalue weighted by Gasteiger charge is -2.23. The summed E-state index contributed by atoms with van der Waals surface area (Å²) in [6.45, 7) is 8.03. The van der Waals surface area contributed by atoms with Crippen molar-refractivity contribution in [1.29, 1.82) is 0 Å². The third-order valence-electron chi connectivity index (χ3n) is 3.29. The number of ether oxygens (including phenoxy) is 1. The zero-order valence-electron chi connectivity index (χ0n) is 12.9. The number of phenolic OH excluding ortho intramolecular Hbond substituents is 1. The lowest BCUT2D eigenvalue weighted by Crippen LogP contribution is -2.40. The van der Waals surface area contributed by atoms with Gasteiger partial charge in [0.25, 0.3) is 0 Å². The first kappa shape index (κ1) is 16.5. The highest BCUT2D eigenvalue weighted by Gasteiger charge is 2.23. The first-order chi connectivity index (χ1) is 9.35. The first-order valence-electron chi connectivity index (χ1n) is 6.98. The summed E-state index contributed by atoms with van der Waals surface area (Å²) in [5.41, 5.74) is 1.87. The van der Waals surface area contributed by atoms with Gasteiger partial charge in [0.15, 0.2) is 0 Å². The molecule has 1 aromatic rings. The van der Waals surface area contributed by atoms with E-state index in [0.29, 0.717) is 12.3 Å².